The van der Waals surface area contributed by atoms with Gasteiger partial charge in [-0.3, -0.25) is 4.79 Å². The van der Waals surface area contributed by atoms with Gasteiger partial charge < -0.3 is 10.6 Å². The van der Waals surface area contributed by atoms with Crippen LogP contribution >= 0.6 is 22.9 Å². The number of hydrogen-bond donors (Lipinski definition) is 2. The van der Waals surface area contributed by atoms with Crippen LogP contribution in [0.2, 0.25) is 5.15 Å². The minimum absolute atomic E-state index is 0.0503. The van der Waals surface area contributed by atoms with Crippen LogP contribution in [0.15, 0.2) is 0 Å². The zero-order valence-corrected chi connectivity index (χ0v) is 9.58. The number of aromatic nitrogens is 1. The quantitative estimate of drug-likeness (QED) is 0.835. The molecule has 80 valence electrons. The van der Waals surface area contributed by atoms with Gasteiger partial charge in [-0.25, -0.2) is 4.98 Å². The average molecular weight is 245 g/mol. The van der Waals surface area contributed by atoms with Gasteiger partial charge in [-0.15, -0.1) is 0 Å². The molecule has 0 saturated carbocycles. The Morgan fingerprint density at radius 2 is 2.47 bits per heavy atom. The van der Waals surface area contributed by atoms with Crippen molar-refractivity contribution in [2.45, 2.75) is 6.42 Å². The Kier molecular flexibility index (Phi) is 4.34. The molecule has 0 aliphatic heterocycles. The number of rotatable bonds is 4. The van der Waals surface area contributed by atoms with Crippen molar-refractivity contribution < 1.29 is 4.79 Å². The molecule has 0 aromatic carbocycles. The monoisotopic (exact) mass is 244 g/mol. The van der Waals surface area contributed by atoms with Crippen molar-refractivity contribution in [3.05, 3.63) is 10.0 Å². The molecule has 0 radical (unpaired) electrons. The Morgan fingerprint density at radius 3 is 3.00 bits per heavy atom. The summed E-state index contributed by atoms with van der Waals surface area (Å²) in [4.78, 5) is 15.2. The molecule has 1 rings (SSSR count). The van der Waals surface area contributed by atoms with Crippen LogP contribution in [0.1, 0.15) is 11.3 Å². The number of amides is 1. The Balaban J connectivity index is 2.45. The van der Waals surface area contributed by atoms with Crippen molar-refractivity contribution in [3.63, 3.8) is 0 Å². The van der Waals surface area contributed by atoms with E-state index < -0.39 is 0 Å². The zero-order valence-electron chi connectivity index (χ0n) is 8.00. The molecular weight excluding hydrogens is 236 g/mol. The maximum atomic E-state index is 10.9. The van der Waals surface area contributed by atoms with E-state index >= 15 is 0 Å². The van der Waals surface area contributed by atoms with E-state index in [9.17, 15) is 4.79 Å². The molecule has 1 aromatic rings. The van der Waals surface area contributed by atoms with Gasteiger partial charge in [0.25, 0.3) is 0 Å². The summed E-state index contributed by atoms with van der Waals surface area (Å²) in [6.45, 7) is 0.467. The highest BCUT2D eigenvalue weighted by atomic mass is 35.5. The van der Waals surface area contributed by atoms with E-state index in [1.54, 1.807) is 7.05 Å². The lowest BCUT2D eigenvalue weighted by Gasteiger charge is -2.00. The molecule has 15 heavy (non-hydrogen) atoms. The third-order valence-electron chi connectivity index (χ3n) is 1.59. The van der Waals surface area contributed by atoms with Crippen molar-refractivity contribution in [1.29, 1.82) is 5.26 Å². The smallest absolute Gasteiger partial charge is 0.221 e. The molecule has 0 fully saturated rings. The maximum Gasteiger partial charge on any atom is 0.221 e. The molecule has 0 aliphatic carbocycles. The van der Waals surface area contributed by atoms with E-state index in [-0.39, 0.29) is 11.1 Å². The normalized spacial score (nSPS) is 9.40. The second-order valence-corrected chi connectivity index (χ2v) is 3.96. The molecule has 0 unspecified atom stereocenters. The third-order valence-corrected chi connectivity index (χ3v) is 2.90. The number of anilines is 1. The number of carbonyl (C=O) groups is 1. The van der Waals surface area contributed by atoms with Gasteiger partial charge in [0, 0.05) is 20.0 Å². The number of nitrogens with zero attached hydrogens (tertiary/aromatic N) is 2. The molecule has 0 aliphatic rings. The van der Waals surface area contributed by atoms with E-state index in [1.807, 2.05) is 6.07 Å². The van der Waals surface area contributed by atoms with Crippen LogP contribution in [-0.2, 0) is 4.79 Å². The Bertz CT molecular complexity index is 398. The van der Waals surface area contributed by atoms with E-state index in [0.29, 0.717) is 23.0 Å². The average Bonchev–Trinajstić information content (AvgIpc) is 2.58. The lowest BCUT2D eigenvalue weighted by molar-refractivity contribution is -0.120. The summed E-state index contributed by atoms with van der Waals surface area (Å²) in [7, 11) is 1.58. The highest BCUT2D eigenvalue weighted by Gasteiger charge is 2.08. The van der Waals surface area contributed by atoms with Crippen LogP contribution in [0.5, 0.6) is 0 Å². The van der Waals surface area contributed by atoms with Gasteiger partial charge in [-0.1, -0.05) is 22.9 Å². The van der Waals surface area contributed by atoms with Gasteiger partial charge in [0.2, 0.25) is 5.91 Å². The first-order valence-corrected chi connectivity index (χ1v) is 5.37. The zero-order chi connectivity index (χ0) is 11.3. The summed E-state index contributed by atoms with van der Waals surface area (Å²) >= 11 is 6.84. The largest absolute Gasteiger partial charge is 0.361 e. The van der Waals surface area contributed by atoms with Crippen LogP contribution < -0.4 is 10.6 Å². The lowest BCUT2D eigenvalue weighted by atomic mass is 10.4. The highest BCUT2D eigenvalue weighted by molar-refractivity contribution is 7.16. The van der Waals surface area contributed by atoms with Crippen molar-refractivity contribution in [2.75, 3.05) is 18.9 Å². The maximum absolute atomic E-state index is 10.9. The summed E-state index contributed by atoms with van der Waals surface area (Å²) in [6.07, 6.45) is 0.357. The Morgan fingerprint density at radius 1 is 1.73 bits per heavy atom. The van der Waals surface area contributed by atoms with Gasteiger partial charge in [0.05, 0.1) is 0 Å². The molecule has 0 bridgehead atoms. The molecule has 0 spiro atoms. The summed E-state index contributed by atoms with van der Waals surface area (Å²) < 4.78 is 0. The van der Waals surface area contributed by atoms with Gasteiger partial charge >= 0.3 is 0 Å². The highest BCUT2D eigenvalue weighted by Crippen LogP contribution is 2.25. The number of nitrogens with one attached hydrogen (secondary N) is 2. The van der Waals surface area contributed by atoms with E-state index in [1.165, 1.54) is 11.3 Å². The Hall–Kier alpha value is -1.32. The summed E-state index contributed by atoms with van der Waals surface area (Å²) in [5.74, 6) is -0.0503. The summed E-state index contributed by atoms with van der Waals surface area (Å²) in [6, 6.07) is 1.93. The van der Waals surface area contributed by atoms with E-state index in [2.05, 4.69) is 15.6 Å². The number of carbonyl (C=O) groups excluding carboxylic acids is 1. The third kappa shape index (κ3) is 3.38. The van der Waals surface area contributed by atoms with Gasteiger partial charge in [-0.2, -0.15) is 5.26 Å². The number of hydrogen-bond acceptors (Lipinski definition) is 5. The topological polar surface area (TPSA) is 77.8 Å². The molecule has 0 atom stereocenters. The first-order chi connectivity index (χ1) is 7.17. The molecule has 5 nitrogen and oxygen atoms in total. The molecule has 2 N–H and O–H groups in total. The fourth-order valence-electron chi connectivity index (χ4n) is 0.854. The Labute approximate surface area is 96.1 Å². The fraction of sp³-hybridized carbons (Fsp3) is 0.375. The van der Waals surface area contributed by atoms with Gasteiger partial charge in [0.15, 0.2) is 10.3 Å². The fourth-order valence-corrected chi connectivity index (χ4v) is 1.83. The number of thiazole rings is 1. The van der Waals surface area contributed by atoms with Crippen LogP contribution in [0.3, 0.4) is 0 Å². The van der Waals surface area contributed by atoms with E-state index in [0.717, 1.165) is 0 Å². The van der Waals surface area contributed by atoms with Crippen molar-refractivity contribution in [1.82, 2.24) is 10.3 Å². The van der Waals surface area contributed by atoms with Crippen molar-refractivity contribution in [3.8, 4) is 6.07 Å². The summed E-state index contributed by atoms with van der Waals surface area (Å²) in [5.41, 5.74) is 0. The second kappa shape index (κ2) is 5.53. The first kappa shape index (κ1) is 11.8. The molecule has 7 heteroatoms. The second-order valence-electron chi connectivity index (χ2n) is 2.60. The standard InChI is InChI=1S/C8H9ClN4OS/c1-11-6(14)2-3-12-8-13-7(9)5(4-10)15-8/h2-3H2,1H3,(H,11,14)(H,12,13). The SMILES string of the molecule is CNC(=O)CCNc1nc(Cl)c(C#N)s1. The van der Waals surface area contributed by atoms with Crippen molar-refractivity contribution >= 4 is 34.0 Å². The van der Waals surface area contributed by atoms with E-state index in [4.69, 9.17) is 16.9 Å². The molecular formula is C8H9ClN4OS. The lowest BCUT2D eigenvalue weighted by Crippen LogP contribution is -2.20. The minimum atomic E-state index is -0.0503. The predicted molar refractivity (Wildman–Crippen MR) is 59.0 cm³/mol. The molecule has 1 amide bonds. The van der Waals surface area contributed by atoms with Crippen LogP contribution in [-0.4, -0.2) is 24.5 Å². The van der Waals surface area contributed by atoms with Crippen LogP contribution in [0.4, 0.5) is 5.13 Å². The first-order valence-electron chi connectivity index (χ1n) is 4.18. The number of halogens is 1. The van der Waals surface area contributed by atoms with Crippen molar-refractivity contribution in [2.24, 2.45) is 0 Å². The minimum Gasteiger partial charge on any atom is -0.361 e. The molecule has 0 saturated heterocycles. The molecule has 1 aromatic heterocycles. The van der Waals surface area contributed by atoms with Crippen LogP contribution in [0, 0.1) is 11.3 Å². The van der Waals surface area contributed by atoms with Crippen LogP contribution in [0.25, 0.3) is 0 Å². The van der Waals surface area contributed by atoms with Gasteiger partial charge in [0.1, 0.15) is 10.9 Å². The van der Waals surface area contributed by atoms with Gasteiger partial charge in [-0.05, 0) is 0 Å². The molecule has 1 heterocycles. The predicted octanol–water partition coefficient (Wildman–Crippen LogP) is 1.22. The number of nitriles is 1. The summed E-state index contributed by atoms with van der Waals surface area (Å²) in [5, 5.41) is 14.8.